The minimum absolute atomic E-state index is 0.129. The first kappa shape index (κ1) is 14.2. The lowest BCUT2D eigenvalue weighted by molar-refractivity contribution is -0.142. The van der Waals surface area contributed by atoms with Gasteiger partial charge in [0.05, 0.1) is 0 Å². The van der Waals surface area contributed by atoms with Gasteiger partial charge in [0.2, 0.25) is 0 Å². The maximum atomic E-state index is 12.4. The molecular formula is C14H24N2O3. The van der Waals surface area contributed by atoms with E-state index >= 15 is 0 Å². The van der Waals surface area contributed by atoms with Crippen molar-refractivity contribution >= 4 is 12.0 Å². The molecular weight excluding hydrogens is 244 g/mol. The number of carbonyl (C=O) groups excluding carboxylic acids is 1. The summed E-state index contributed by atoms with van der Waals surface area (Å²) in [5, 5.41) is 9.43. The third kappa shape index (κ3) is 2.69. The molecule has 108 valence electrons. The van der Waals surface area contributed by atoms with Crippen molar-refractivity contribution in [2.45, 2.75) is 39.2 Å². The molecule has 2 rings (SSSR count). The zero-order valence-electron chi connectivity index (χ0n) is 12.0. The quantitative estimate of drug-likeness (QED) is 0.850. The van der Waals surface area contributed by atoms with Crippen LogP contribution in [0.5, 0.6) is 0 Å². The highest BCUT2D eigenvalue weighted by Crippen LogP contribution is 2.42. The molecule has 0 aromatic heterocycles. The van der Waals surface area contributed by atoms with E-state index in [0.717, 1.165) is 19.3 Å². The van der Waals surface area contributed by atoms with Gasteiger partial charge in [-0.15, -0.1) is 0 Å². The molecule has 3 unspecified atom stereocenters. The van der Waals surface area contributed by atoms with Crippen LogP contribution in [0.3, 0.4) is 0 Å². The first-order chi connectivity index (χ1) is 8.91. The number of hydrogen-bond donors (Lipinski definition) is 1. The van der Waals surface area contributed by atoms with E-state index in [1.807, 2.05) is 0 Å². The van der Waals surface area contributed by atoms with Gasteiger partial charge in [-0.3, -0.25) is 0 Å². The van der Waals surface area contributed by atoms with Crippen molar-refractivity contribution < 1.29 is 14.7 Å². The summed E-state index contributed by atoms with van der Waals surface area (Å²) in [5.74, 6) is 0.0893. The lowest BCUT2D eigenvalue weighted by Gasteiger charge is -2.30. The van der Waals surface area contributed by atoms with E-state index in [-0.39, 0.29) is 11.9 Å². The number of carbonyl (C=O) groups is 2. The molecule has 0 spiro atoms. The molecule has 0 aromatic rings. The first-order valence-electron chi connectivity index (χ1n) is 7.16. The van der Waals surface area contributed by atoms with Crippen molar-refractivity contribution in [3.63, 3.8) is 0 Å². The summed E-state index contributed by atoms with van der Waals surface area (Å²) >= 11 is 0. The lowest BCUT2D eigenvalue weighted by atomic mass is 9.94. The van der Waals surface area contributed by atoms with Crippen LogP contribution in [0, 0.1) is 17.8 Å². The molecule has 2 amide bonds. The van der Waals surface area contributed by atoms with Crippen LogP contribution >= 0.6 is 0 Å². The van der Waals surface area contributed by atoms with Gasteiger partial charge in [-0.2, -0.15) is 0 Å². The van der Waals surface area contributed by atoms with Crippen LogP contribution in [-0.4, -0.2) is 53.1 Å². The minimum atomic E-state index is -0.847. The zero-order valence-corrected chi connectivity index (χ0v) is 12.0. The minimum Gasteiger partial charge on any atom is -0.480 e. The van der Waals surface area contributed by atoms with Gasteiger partial charge < -0.3 is 14.9 Å². The smallest absolute Gasteiger partial charge is 0.326 e. The second kappa shape index (κ2) is 5.39. The SMILES string of the molecule is CC(C)CN(C)C(=O)N1CC2CCCC2C1C(=O)O. The summed E-state index contributed by atoms with van der Waals surface area (Å²) in [4.78, 5) is 27.1. The van der Waals surface area contributed by atoms with Crippen LogP contribution in [0.25, 0.3) is 0 Å². The van der Waals surface area contributed by atoms with E-state index in [1.54, 1.807) is 16.8 Å². The van der Waals surface area contributed by atoms with Crippen LogP contribution in [0.15, 0.2) is 0 Å². The molecule has 3 atom stereocenters. The number of carboxylic acid groups (broad SMARTS) is 1. The summed E-state index contributed by atoms with van der Waals surface area (Å²) in [6.07, 6.45) is 3.11. The highest BCUT2D eigenvalue weighted by Gasteiger charge is 2.50. The molecule has 1 heterocycles. The van der Waals surface area contributed by atoms with Gasteiger partial charge in [0.15, 0.2) is 0 Å². The topological polar surface area (TPSA) is 60.9 Å². The number of urea groups is 1. The summed E-state index contributed by atoms with van der Waals surface area (Å²) in [7, 11) is 1.76. The summed E-state index contributed by atoms with van der Waals surface area (Å²) in [6, 6.07) is -0.745. The second-order valence-corrected chi connectivity index (χ2v) is 6.35. The van der Waals surface area contributed by atoms with Gasteiger partial charge in [0.25, 0.3) is 0 Å². The fourth-order valence-electron chi connectivity index (χ4n) is 3.66. The maximum Gasteiger partial charge on any atom is 0.326 e. The van der Waals surface area contributed by atoms with Gasteiger partial charge in [0, 0.05) is 20.1 Å². The molecule has 2 aliphatic rings. The van der Waals surface area contributed by atoms with Crippen LogP contribution in [-0.2, 0) is 4.79 Å². The van der Waals surface area contributed by atoms with Crippen LogP contribution in [0.1, 0.15) is 33.1 Å². The van der Waals surface area contributed by atoms with Gasteiger partial charge in [0.1, 0.15) is 6.04 Å². The number of rotatable bonds is 3. The molecule has 1 N–H and O–H groups in total. The zero-order chi connectivity index (χ0) is 14.2. The van der Waals surface area contributed by atoms with Gasteiger partial charge >= 0.3 is 12.0 Å². The molecule has 2 fully saturated rings. The van der Waals surface area contributed by atoms with Crippen molar-refractivity contribution in [3.8, 4) is 0 Å². The summed E-state index contributed by atoms with van der Waals surface area (Å²) in [6.45, 7) is 5.38. The van der Waals surface area contributed by atoms with Crippen molar-refractivity contribution in [3.05, 3.63) is 0 Å². The summed E-state index contributed by atoms with van der Waals surface area (Å²) in [5.41, 5.74) is 0. The predicted octanol–water partition coefficient (Wildman–Crippen LogP) is 1.88. The Morgan fingerprint density at radius 3 is 2.63 bits per heavy atom. The molecule has 0 radical (unpaired) electrons. The average Bonchev–Trinajstić information content (AvgIpc) is 2.84. The third-order valence-electron chi connectivity index (χ3n) is 4.35. The second-order valence-electron chi connectivity index (χ2n) is 6.35. The number of nitrogens with zero attached hydrogens (tertiary/aromatic N) is 2. The average molecular weight is 268 g/mol. The Morgan fingerprint density at radius 2 is 2.05 bits per heavy atom. The first-order valence-corrected chi connectivity index (χ1v) is 7.16. The maximum absolute atomic E-state index is 12.4. The van der Waals surface area contributed by atoms with Crippen LogP contribution < -0.4 is 0 Å². The fraction of sp³-hybridized carbons (Fsp3) is 0.857. The van der Waals surface area contributed by atoms with Gasteiger partial charge in [-0.1, -0.05) is 20.3 Å². The lowest BCUT2D eigenvalue weighted by Crippen LogP contribution is -2.49. The van der Waals surface area contributed by atoms with E-state index in [0.29, 0.717) is 24.9 Å². The van der Waals surface area contributed by atoms with Gasteiger partial charge in [-0.05, 0) is 30.6 Å². The normalized spacial score (nSPS) is 29.7. The predicted molar refractivity (Wildman–Crippen MR) is 71.8 cm³/mol. The van der Waals surface area contributed by atoms with Crippen molar-refractivity contribution in [2.75, 3.05) is 20.1 Å². The summed E-state index contributed by atoms with van der Waals surface area (Å²) < 4.78 is 0. The standard InChI is InChI=1S/C14H24N2O3/c1-9(2)7-15(3)14(19)16-8-10-5-4-6-11(10)12(16)13(17)18/h9-12H,4-8H2,1-3H3,(H,17,18). The Bertz CT molecular complexity index is 370. The van der Waals surface area contributed by atoms with Crippen molar-refractivity contribution in [1.29, 1.82) is 0 Å². The number of hydrogen-bond acceptors (Lipinski definition) is 2. The van der Waals surface area contributed by atoms with E-state index in [2.05, 4.69) is 13.8 Å². The largest absolute Gasteiger partial charge is 0.480 e. The molecule has 5 nitrogen and oxygen atoms in total. The van der Waals surface area contributed by atoms with E-state index < -0.39 is 12.0 Å². The Kier molecular flexibility index (Phi) is 4.02. The Hall–Kier alpha value is -1.26. The molecule has 1 saturated heterocycles. The molecule has 1 aliphatic carbocycles. The molecule has 0 bridgehead atoms. The Balaban J connectivity index is 2.10. The number of carboxylic acids is 1. The number of likely N-dealkylation sites (tertiary alicyclic amines) is 1. The monoisotopic (exact) mass is 268 g/mol. The molecule has 19 heavy (non-hydrogen) atoms. The van der Waals surface area contributed by atoms with Gasteiger partial charge in [-0.25, -0.2) is 9.59 Å². The molecule has 1 aliphatic heterocycles. The highest BCUT2D eigenvalue weighted by molar-refractivity contribution is 5.83. The van der Waals surface area contributed by atoms with E-state index in [9.17, 15) is 14.7 Å². The fourth-order valence-corrected chi connectivity index (χ4v) is 3.66. The number of aliphatic carboxylic acids is 1. The molecule has 5 heteroatoms. The number of fused-ring (bicyclic) bond motifs is 1. The van der Waals surface area contributed by atoms with Crippen molar-refractivity contribution in [1.82, 2.24) is 9.80 Å². The Morgan fingerprint density at radius 1 is 1.37 bits per heavy atom. The van der Waals surface area contributed by atoms with Crippen LogP contribution in [0.2, 0.25) is 0 Å². The Labute approximate surface area is 114 Å². The van der Waals surface area contributed by atoms with Crippen LogP contribution in [0.4, 0.5) is 4.79 Å². The third-order valence-corrected chi connectivity index (χ3v) is 4.35. The number of amides is 2. The molecule has 1 saturated carbocycles. The molecule has 0 aromatic carbocycles. The van der Waals surface area contributed by atoms with E-state index in [4.69, 9.17) is 0 Å². The van der Waals surface area contributed by atoms with E-state index in [1.165, 1.54) is 0 Å². The van der Waals surface area contributed by atoms with Crippen molar-refractivity contribution in [2.24, 2.45) is 17.8 Å². The highest BCUT2D eigenvalue weighted by atomic mass is 16.4.